The zero-order chi connectivity index (χ0) is 19.9. The van der Waals surface area contributed by atoms with Gasteiger partial charge in [0.1, 0.15) is 5.52 Å². The Labute approximate surface area is 165 Å². The van der Waals surface area contributed by atoms with E-state index in [-0.39, 0.29) is 17.1 Å². The van der Waals surface area contributed by atoms with Gasteiger partial charge >= 0.3 is 0 Å². The van der Waals surface area contributed by atoms with E-state index in [4.69, 9.17) is 4.98 Å². The first-order valence-electron chi connectivity index (χ1n) is 10.2. The lowest BCUT2D eigenvalue weighted by Gasteiger charge is -2.15. The van der Waals surface area contributed by atoms with E-state index in [0.717, 1.165) is 44.5 Å². The summed E-state index contributed by atoms with van der Waals surface area (Å²) >= 11 is 0. The summed E-state index contributed by atoms with van der Waals surface area (Å²) in [5.41, 5.74) is 3.11. The highest BCUT2D eigenvalue weighted by atomic mass is 16.2. The molecule has 28 heavy (non-hydrogen) atoms. The van der Waals surface area contributed by atoms with Gasteiger partial charge in [-0.3, -0.25) is 9.59 Å². The predicted molar refractivity (Wildman–Crippen MR) is 108 cm³/mol. The maximum atomic E-state index is 12.6. The van der Waals surface area contributed by atoms with Crippen molar-refractivity contribution in [2.75, 3.05) is 13.1 Å². The third-order valence-corrected chi connectivity index (χ3v) is 6.33. The van der Waals surface area contributed by atoms with Crippen LogP contribution in [0.1, 0.15) is 55.6 Å². The normalized spacial score (nSPS) is 20.2. The van der Waals surface area contributed by atoms with Gasteiger partial charge in [-0.1, -0.05) is 20.4 Å². The summed E-state index contributed by atoms with van der Waals surface area (Å²) in [6, 6.07) is 0. The largest absolute Gasteiger partial charge is 0.344 e. The van der Waals surface area contributed by atoms with E-state index in [1.807, 2.05) is 4.90 Å². The minimum atomic E-state index is 0.0129. The zero-order valence-electron chi connectivity index (χ0n) is 16.7. The highest BCUT2D eigenvalue weighted by molar-refractivity contribution is 6.05. The molecule has 4 rings (SSSR count). The Balaban J connectivity index is 1.53. The summed E-state index contributed by atoms with van der Waals surface area (Å²) in [5.74, 6) is 1.02. The van der Waals surface area contributed by atoms with Gasteiger partial charge in [0.2, 0.25) is 5.91 Å². The van der Waals surface area contributed by atoms with Crippen LogP contribution in [0.15, 0.2) is 25.0 Å². The minimum absolute atomic E-state index is 0.0129. The highest BCUT2D eigenvalue weighted by Crippen LogP contribution is 2.57. The van der Waals surface area contributed by atoms with Crippen molar-refractivity contribution in [1.82, 2.24) is 19.9 Å². The number of Topliss-reactive ketones (excluding diaryl/α,β-unsaturated/α-hetero) is 1. The van der Waals surface area contributed by atoms with Crippen LogP contribution >= 0.6 is 0 Å². The van der Waals surface area contributed by atoms with Crippen molar-refractivity contribution < 1.29 is 9.59 Å². The first-order chi connectivity index (χ1) is 13.4. The Kier molecular flexibility index (Phi) is 4.81. The summed E-state index contributed by atoms with van der Waals surface area (Å²) in [5, 5.41) is 0. The zero-order valence-corrected chi connectivity index (χ0v) is 16.7. The molecule has 6 nitrogen and oxygen atoms in total. The monoisotopic (exact) mass is 380 g/mol. The Hall–Kier alpha value is -2.50. The van der Waals surface area contributed by atoms with Gasteiger partial charge in [-0.25, -0.2) is 9.97 Å². The number of aromatic amines is 1. The van der Waals surface area contributed by atoms with Crippen LogP contribution in [0.3, 0.4) is 0 Å². The molecule has 2 aliphatic rings. The first-order valence-corrected chi connectivity index (χ1v) is 10.2. The van der Waals surface area contributed by atoms with Gasteiger partial charge in [0, 0.05) is 25.7 Å². The quantitative estimate of drug-likeness (QED) is 0.588. The Morgan fingerprint density at radius 2 is 2.21 bits per heavy atom. The van der Waals surface area contributed by atoms with Crippen molar-refractivity contribution in [2.24, 2.45) is 17.3 Å². The molecule has 2 aromatic heterocycles. The molecule has 1 unspecified atom stereocenters. The van der Waals surface area contributed by atoms with Crippen LogP contribution in [-0.2, 0) is 11.2 Å². The SMILES string of the molecule is C=CC(=O)N1CC(Cc2cnc3[nH]cc(C(=O)CCC(C)C)c3n2)C2(CC2)C1. The van der Waals surface area contributed by atoms with E-state index in [9.17, 15) is 9.59 Å². The maximum absolute atomic E-state index is 12.6. The molecule has 0 radical (unpaired) electrons. The third-order valence-electron chi connectivity index (χ3n) is 6.33. The molecule has 1 atom stereocenters. The fourth-order valence-corrected chi connectivity index (χ4v) is 4.38. The second kappa shape index (κ2) is 7.15. The number of hydrogen-bond acceptors (Lipinski definition) is 4. The van der Waals surface area contributed by atoms with E-state index in [1.165, 1.54) is 6.08 Å². The lowest BCUT2D eigenvalue weighted by atomic mass is 9.89. The molecule has 0 aromatic carbocycles. The molecule has 2 aromatic rings. The van der Waals surface area contributed by atoms with Crippen LogP contribution in [0.25, 0.3) is 11.2 Å². The smallest absolute Gasteiger partial charge is 0.245 e. The van der Waals surface area contributed by atoms with Gasteiger partial charge in [0.15, 0.2) is 11.4 Å². The van der Waals surface area contributed by atoms with Crippen LogP contribution in [-0.4, -0.2) is 44.6 Å². The number of aromatic nitrogens is 3. The number of fused-ring (bicyclic) bond motifs is 1. The molecule has 1 aliphatic heterocycles. The van der Waals surface area contributed by atoms with Crippen molar-refractivity contribution >= 4 is 22.9 Å². The Bertz CT molecular complexity index is 926. The van der Waals surface area contributed by atoms with Crippen molar-refractivity contribution in [1.29, 1.82) is 0 Å². The number of carbonyl (C=O) groups excluding carboxylic acids is 2. The van der Waals surface area contributed by atoms with Gasteiger partial charge in [0.25, 0.3) is 0 Å². The number of likely N-dealkylation sites (tertiary alicyclic amines) is 1. The minimum Gasteiger partial charge on any atom is -0.344 e. The van der Waals surface area contributed by atoms with E-state index in [0.29, 0.717) is 35.0 Å². The lowest BCUT2D eigenvalue weighted by molar-refractivity contribution is -0.125. The maximum Gasteiger partial charge on any atom is 0.245 e. The standard InChI is InChI=1S/C22H28N4O2/c1-4-19(28)26-12-15(22(13-26)7-8-22)9-16-10-23-21-20(25-16)17(11-24-21)18(27)6-5-14(2)3/h4,10-11,14-15H,1,5-9,12-13H2,2-3H3,(H,23,24). The number of rotatable bonds is 7. The number of H-pyrrole nitrogens is 1. The summed E-state index contributed by atoms with van der Waals surface area (Å²) in [6.07, 6.45) is 9.45. The molecule has 1 amide bonds. The molecule has 1 saturated heterocycles. The molecule has 1 saturated carbocycles. The summed E-state index contributed by atoms with van der Waals surface area (Å²) in [6.45, 7) is 9.42. The summed E-state index contributed by atoms with van der Waals surface area (Å²) in [7, 11) is 0. The Morgan fingerprint density at radius 3 is 2.89 bits per heavy atom. The van der Waals surface area contributed by atoms with Crippen LogP contribution in [0.4, 0.5) is 0 Å². The molecule has 1 N–H and O–H groups in total. The number of hydrogen-bond donors (Lipinski definition) is 1. The number of nitrogens with zero attached hydrogens (tertiary/aromatic N) is 3. The molecule has 0 bridgehead atoms. The number of carbonyl (C=O) groups is 2. The predicted octanol–water partition coefficient (Wildman–Crippen LogP) is 3.54. The molecule has 1 aliphatic carbocycles. The van der Waals surface area contributed by atoms with Gasteiger partial charge in [0.05, 0.1) is 17.5 Å². The van der Waals surface area contributed by atoms with Gasteiger partial charge in [-0.2, -0.15) is 0 Å². The number of ketones is 1. The number of amides is 1. The van der Waals surface area contributed by atoms with Gasteiger partial charge < -0.3 is 9.88 Å². The van der Waals surface area contributed by atoms with Crippen molar-refractivity contribution in [2.45, 2.75) is 46.0 Å². The summed E-state index contributed by atoms with van der Waals surface area (Å²) < 4.78 is 0. The topological polar surface area (TPSA) is 79.0 Å². The molecule has 148 valence electrons. The highest BCUT2D eigenvalue weighted by Gasteiger charge is 2.55. The molecule has 1 spiro atoms. The second-order valence-corrected chi connectivity index (χ2v) is 8.80. The molecular formula is C22H28N4O2. The molecular weight excluding hydrogens is 352 g/mol. The second-order valence-electron chi connectivity index (χ2n) is 8.80. The van der Waals surface area contributed by atoms with Crippen molar-refractivity contribution in [3.05, 3.63) is 36.3 Å². The van der Waals surface area contributed by atoms with Crippen LogP contribution < -0.4 is 0 Å². The Morgan fingerprint density at radius 1 is 1.43 bits per heavy atom. The fraction of sp³-hybridized carbons (Fsp3) is 0.545. The first kappa shape index (κ1) is 18.8. The van der Waals surface area contributed by atoms with Crippen LogP contribution in [0, 0.1) is 17.3 Å². The summed E-state index contributed by atoms with van der Waals surface area (Å²) in [4.78, 5) is 38.9. The van der Waals surface area contributed by atoms with E-state index < -0.39 is 0 Å². The van der Waals surface area contributed by atoms with E-state index >= 15 is 0 Å². The van der Waals surface area contributed by atoms with Crippen molar-refractivity contribution in [3.8, 4) is 0 Å². The fourth-order valence-electron chi connectivity index (χ4n) is 4.38. The average molecular weight is 380 g/mol. The van der Waals surface area contributed by atoms with Crippen LogP contribution in [0.5, 0.6) is 0 Å². The van der Waals surface area contributed by atoms with Crippen molar-refractivity contribution in [3.63, 3.8) is 0 Å². The molecule has 6 heteroatoms. The third kappa shape index (κ3) is 3.48. The lowest BCUT2D eigenvalue weighted by Crippen LogP contribution is -2.27. The van der Waals surface area contributed by atoms with Crippen LogP contribution in [0.2, 0.25) is 0 Å². The van der Waals surface area contributed by atoms with Gasteiger partial charge in [-0.15, -0.1) is 0 Å². The average Bonchev–Trinajstić information content (AvgIpc) is 3.19. The van der Waals surface area contributed by atoms with E-state index in [1.54, 1.807) is 12.4 Å². The number of nitrogens with one attached hydrogen (secondary N) is 1. The van der Waals surface area contributed by atoms with Gasteiger partial charge in [-0.05, 0) is 49.0 Å². The molecule has 3 heterocycles. The van der Waals surface area contributed by atoms with E-state index in [2.05, 4.69) is 30.4 Å². The molecule has 2 fully saturated rings.